The number of para-hydroxylation sites is 1. The number of aryl methyl sites for hydroxylation is 1. The predicted octanol–water partition coefficient (Wildman–Crippen LogP) is 1.03. The number of aliphatic hydroxyl groups excluding tert-OH is 1. The van der Waals surface area contributed by atoms with Crippen LogP contribution in [0, 0.1) is 5.92 Å². The average Bonchev–Trinajstić information content (AvgIpc) is 3.18. The van der Waals surface area contributed by atoms with Gasteiger partial charge < -0.3 is 15.7 Å². The van der Waals surface area contributed by atoms with Crippen LogP contribution in [0.4, 0.5) is 0 Å². The third kappa shape index (κ3) is 2.60. The maximum absolute atomic E-state index is 12.8. The van der Waals surface area contributed by atoms with Crippen LogP contribution in [-0.2, 0) is 12.8 Å². The number of aromatic nitrogens is 1. The van der Waals surface area contributed by atoms with Gasteiger partial charge in [0.2, 0.25) is 0 Å². The van der Waals surface area contributed by atoms with Crippen LogP contribution in [-0.4, -0.2) is 41.7 Å². The lowest BCUT2D eigenvalue weighted by Crippen LogP contribution is -2.35. The van der Waals surface area contributed by atoms with Crippen molar-refractivity contribution < 1.29 is 9.90 Å². The monoisotopic (exact) mass is 311 g/mol. The predicted molar refractivity (Wildman–Crippen MR) is 88.5 cm³/mol. The van der Waals surface area contributed by atoms with Crippen molar-refractivity contribution in [3.05, 3.63) is 41.1 Å². The number of hydrogen-bond acceptors (Lipinski definition) is 4. The van der Waals surface area contributed by atoms with Crippen LogP contribution in [0.1, 0.15) is 28.0 Å². The van der Waals surface area contributed by atoms with Crippen LogP contribution < -0.4 is 10.6 Å². The normalized spacial score (nSPS) is 23.2. The van der Waals surface area contributed by atoms with E-state index in [9.17, 15) is 9.90 Å². The van der Waals surface area contributed by atoms with Gasteiger partial charge in [-0.3, -0.25) is 9.78 Å². The van der Waals surface area contributed by atoms with E-state index >= 15 is 0 Å². The molecule has 1 aromatic heterocycles. The first-order chi connectivity index (χ1) is 11.2. The lowest BCUT2D eigenvalue weighted by Gasteiger charge is -2.16. The number of fused-ring (bicyclic) bond motifs is 2. The number of nitrogens with zero attached hydrogens (tertiary/aromatic N) is 1. The van der Waals surface area contributed by atoms with E-state index < -0.39 is 0 Å². The van der Waals surface area contributed by atoms with E-state index in [1.807, 2.05) is 24.3 Å². The molecule has 0 radical (unpaired) electrons. The molecule has 1 amide bonds. The molecule has 1 fully saturated rings. The third-order valence-electron chi connectivity index (χ3n) is 4.98. The number of hydrogen-bond donors (Lipinski definition) is 3. The van der Waals surface area contributed by atoms with Gasteiger partial charge in [-0.05, 0) is 30.9 Å². The molecule has 1 aliphatic carbocycles. The third-order valence-corrected chi connectivity index (χ3v) is 4.98. The maximum atomic E-state index is 12.8. The van der Waals surface area contributed by atoms with Crippen LogP contribution in [0.2, 0.25) is 0 Å². The Kier molecular flexibility index (Phi) is 3.75. The number of carbonyl (C=O) groups excluding carboxylic acids is 1. The molecule has 0 bridgehead atoms. The van der Waals surface area contributed by atoms with Gasteiger partial charge in [-0.15, -0.1) is 0 Å². The van der Waals surface area contributed by atoms with Crippen molar-refractivity contribution in [1.29, 1.82) is 0 Å². The second-order valence-electron chi connectivity index (χ2n) is 6.48. The summed E-state index contributed by atoms with van der Waals surface area (Å²) in [7, 11) is 0. The maximum Gasteiger partial charge on any atom is 0.252 e. The Morgan fingerprint density at radius 1 is 1.30 bits per heavy atom. The zero-order valence-corrected chi connectivity index (χ0v) is 13.0. The van der Waals surface area contributed by atoms with Gasteiger partial charge in [0.25, 0.3) is 5.91 Å². The number of pyridine rings is 1. The highest BCUT2D eigenvalue weighted by molar-refractivity contribution is 6.07. The molecule has 2 aliphatic rings. The Hall–Kier alpha value is -1.98. The number of amides is 1. The number of rotatable bonds is 3. The first-order valence-electron chi connectivity index (χ1n) is 8.31. The van der Waals surface area contributed by atoms with Gasteiger partial charge in [0.05, 0.1) is 17.2 Å². The number of carbonyl (C=O) groups is 1. The van der Waals surface area contributed by atoms with Gasteiger partial charge in [0, 0.05) is 36.6 Å². The second-order valence-corrected chi connectivity index (χ2v) is 6.48. The van der Waals surface area contributed by atoms with E-state index in [0.29, 0.717) is 13.1 Å². The summed E-state index contributed by atoms with van der Waals surface area (Å²) < 4.78 is 0. The number of benzene rings is 1. The molecule has 4 rings (SSSR count). The highest BCUT2D eigenvalue weighted by Gasteiger charge is 2.27. The lowest BCUT2D eigenvalue weighted by molar-refractivity contribution is 0.0928. The van der Waals surface area contributed by atoms with Gasteiger partial charge in [-0.2, -0.15) is 0 Å². The Labute approximate surface area is 135 Å². The molecule has 23 heavy (non-hydrogen) atoms. The van der Waals surface area contributed by atoms with Crippen LogP contribution in [0.5, 0.6) is 0 Å². The van der Waals surface area contributed by atoms with E-state index in [1.54, 1.807) is 0 Å². The van der Waals surface area contributed by atoms with Gasteiger partial charge in [0.15, 0.2) is 0 Å². The lowest BCUT2D eigenvalue weighted by atomic mass is 10.00. The van der Waals surface area contributed by atoms with E-state index in [-0.39, 0.29) is 17.9 Å². The molecule has 1 saturated heterocycles. The topological polar surface area (TPSA) is 74.2 Å². The summed E-state index contributed by atoms with van der Waals surface area (Å²) in [6, 6.07) is 7.85. The minimum atomic E-state index is -0.379. The van der Waals surface area contributed by atoms with E-state index in [4.69, 9.17) is 4.98 Å². The average molecular weight is 311 g/mol. The number of aliphatic hydroxyl groups is 1. The van der Waals surface area contributed by atoms with Crippen molar-refractivity contribution >= 4 is 16.8 Å². The molecule has 0 saturated carbocycles. The molecule has 2 aromatic rings. The fourth-order valence-corrected chi connectivity index (χ4v) is 3.71. The first kappa shape index (κ1) is 14.6. The molecule has 1 aliphatic heterocycles. The molecule has 0 spiro atoms. The summed E-state index contributed by atoms with van der Waals surface area (Å²) in [5.74, 6) is 0.0425. The summed E-state index contributed by atoms with van der Waals surface area (Å²) in [6.45, 7) is 1.85. The van der Waals surface area contributed by atoms with Gasteiger partial charge >= 0.3 is 0 Å². The Morgan fingerprint density at radius 3 is 3.00 bits per heavy atom. The summed E-state index contributed by atoms with van der Waals surface area (Å²) in [4.78, 5) is 17.6. The molecule has 5 heteroatoms. The summed E-state index contributed by atoms with van der Waals surface area (Å²) in [5, 5.41) is 17.0. The van der Waals surface area contributed by atoms with E-state index in [1.165, 1.54) is 0 Å². The highest BCUT2D eigenvalue weighted by Crippen LogP contribution is 2.29. The molecule has 1 aromatic carbocycles. The largest absolute Gasteiger partial charge is 0.391 e. The summed E-state index contributed by atoms with van der Waals surface area (Å²) in [5.41, 5.74) is 3.84. The summed E-state index contributed by atoms with van der Waals surface area (Å²) in [6.07, 6.45) is 2.55. The van der Waals surface area contributed by atoms with Crippen LogP contribution in [0.25, 0.3) is 10.9 Å². The van der Waals surface area contributed by atoms with Crippen molar-refractivity contribution in [1.82, 2.24) is 15.6 Å². The van der Waals surface area contributed by atoms with Crippen molar-refractivity contribution in [3.63, 3.8) is 0 Å². The molecular formula is C18H21N3O2. The molecule has 2 unspecified atom stereocenters. The first-order valence-corrected chi connectivity index (χ1v) is 8.31. The Morgan fingerprint density at radius 2 is 2.17 bits per heavy atom. The molecule has 120 valence electrons. The van der Waals surface area contributed by atoms with Crippen LogP contribution in [0.15, 0.2) is 24.3 Å². The van der Waals surface area contributed by atoms with Crippen molar-refractivity contribution in [3.8, 4) is 0 Å². The second kappa shape index (κ2) is 5.91. The van der Waals surface area contributed by atoms with Gasteiger partial charge in [-0.1, -0.05) is 18.2 Å². The van der Waals surface area contributed by atoms with Crippen LogP contribution in [0.3, 0.4) is 0 Å². The molecule has 3 N–H and O–H groups in total. The smallest absolute Gasteiger partial charge is 0.252 e. The summed E-state index contributed by atoms with van der Waals surface area (Å²) >= 11 is 0. The zero-order chi connectivity index (χ0) is 15.8. The molecule has 2 heterocycles. The van der Waals surface area contributed by atoms with Crippen molar-refractivity contribution in [2.24, 2.45) is 5.92 Å². The fraction of sp³-hybridized carbons (Fsp3) is 0.444. The van der Waals surface area contributed by atoms with Gasteiger partial charge in [0.1, 0.15) is 0 Å². The zero-order valence-electron chi connectivity index (χ0n) is 13.0. The van der Waals surface area contributed by atoms with E-state index in [2.05, 4.69) is 10.6 Å². The van der Waals surface area contributed by atoms with Gasteiger partial charge in [-0.25, -0.2) is 0 Å². The fourth-order valence-electron chi connectivity index (χ4n) is 3.71. The minimum absolute atomic E-state index is 0.0409. The van der Waals surface area contributed by atoms with Crippen molar-refractivity contribution in [2.45, 2.75) is 25.4 Å². The van der Waals surface area contributed by atoms with Crippen molar-refractivity contribution in [2.75, 3.05) is 19.6 Å². The number of β-amino-alcohol motifs (C(OH)–C–C–N with tert-alkyl or cyclic N) is 1. The standard InChI is InChI=1S/C18H21N3O2/c22-16-10-19-8-11(16)9-20-18(23)17-12-4-1-2-6-14(12)21-15-7-3-5-13(15)17/h1-2,4,6,11,16,19,22H,3,5,7-10H2,(H,20,23). The molecule has 5 nitrogen and oxygen atoms in total. The Bertz CT molecular complexity index is 759. The minimum Gasteiger partial charge on any atom is -0.391 e. The number of nitrogens with one attached hydrogen (secondary N) is 2. The van der Waals surface area contributed by atoms with E-state index in [0.717, 1.165) is 53.5 Å². The Balaban J connectivity index is 1.66. The van der Waals surface area contributed by atoms with Crippen LogP contribution >= 0.6 is 0 Å². The quantitative estimate of drug-likeness (QED) is 0.792. The molecular weight excluding hydrogens is 290 g/mol. The highest BCUT2D eigenvalue weighted by atomic mass is 16.3. The SMILES string of the molecule is O=C(NCC1CNCC1O)c1c2c(nc3ccccc13)CCC2. The molecule has 2 atom stereocenters.